The lowest BCUT2D eigenvalue weighted by Gasteiger charge is -1.95. The average molecular weight is 211 g/mol. The van der Waals surface area contributed by atoms with Gasteiger partial charge in [-0.3, -0.25) is 0 Å². The molecular formula is H3O13+. The van der Waals surface area contributed by atoms with E-state index in [0.717, 1.165) is 0 Å². The largest absolute Gasteiger partial charge is 0.228 e. The Hall–Kier alpha value is -0.520. The molecule has 0 atom stereocenters. The third kappa shape index (κ3) is 11.5. The third-order valence-corrected chi connectivity index (χ3v) is 0.287. The van der Waals surface area contributed by atoms with Crippen LogP contribution in [0.15, 0.2) is 0 Å². The Balaban J connectivity index is 2.76. The Labute approximate surface area is 67.4 Å². The van der Waals surface area contributed by atoms with Crippen LogP contribution < -0.4 is 0 Å². The predicted octanol–water partition coefficient (Wildman–Crippen LogP) is -1.57. The number of rotatable bonds is 10. The molecule has 0 aromatic rings. The third-order valence-electron chi connectivity index (χ3n) is 0.287. The highest BCUT2D eigenvalue weighted by atomic mass is 18.0. The maximum Gasteiger partial charge on any atom is 0.103 e. The molecule has 0 amide bonds. The van der Waals surface area contributed by atoms with Crippen molar-refractivity contribution >= 4 is 0 Å². The van der Waals surface area contributed by atoms with Gasteiger partial charge in [0.25, 0.3) is 0 Å². The van der Waals surface area contributed by atoms with Gasteiger partial charge in [0.1, 0.15) is 5.04 Å². The molecule has 0 saturated heterocycles. The lowest BCUT2D eigenvalue weighted by molar-refractivity contribution is -0.869. The molecule has 0 unspecified atom stereocenters. The second kappa shape index (κ2) is 11.5. The van der Waals surface area contributed by atoms with Crippen molar-refractivity contribution in [3.8, 4) is 0 Å². The van der Waals surface area contributed by atoms with Crippen LogP contribution in [-0.2, 0) is 55.4 Å². The molecule has 3 N–H and O–H groups in total. The summed E-state index contributed by atoms with van der Waals surface area (Å²) in [5, 5.41) is 49.5. The summed E-state index contributed by atoms with van der Waals surface area (Å²) in [5.74, 6) is 0. The fraction of sp³-hybridized carbons (Fsp3) is 0. The monoisotopic (exact) mass is 211 g/mol. The van der Waals surface area contributed by atoms with Crippen molar-refractivity contribution in [2.75, 3.05) is 0 Å². The highest BCUT2D eigenvalue weighted by Crippen LogP contribution is 1.89. The molecule has 0 fully saturated rings. The Morgan fingerprint density at radius 1 is 0.615 bits per heavy atom. The zero-order valence-electron chi connectivity index (χ0n) is 5.44. The Bertz CT molecular complexity index is 66.1. The maximum atomic E-state index is 7.42. The molecule has 0 bridgehead atoms. The van der Waals surface area contributed by atoms with Crippen LogP contribution in [0.4, 0.5) is 0 Å². The van der Waals surface area contributed by atoms with Crippen molar-refractivity contribution < 1.29 is 65.9 Å². The molecule has 0 aromatic carbocycles. The van der Waals surface area contributed by atoms with Crippen LogP contribution in [0.5, 0.6) is 0 Å². The first-order valence-electron chi connectivity index (χ1n) is 2.05. The van der Waals surface area contributed by atoms with Gasteiger partial charge >= 0.3 is 0 Å². The second-order valence-corrected chi connectivity index (χ2v) is 0.770. The summed E-state index contributed by atoms with van der Waals surface area (Å²) in [4.78, 5) is 0. The molecule has 13 nitrogen and oxygen atoms in total. The summed E-state index contributed by atoms with van der Waals surface area (Å²) in [6.07, 6.45) is 0. The van der Waals surface area contributed by atoms with Crippen molar-refractivity contribution in [3.63, 3.8) is 0 Å². The van der Waals surface area contributed by atoms with E-state index in [1.807, 2.05) is 0 Å². The molecule has 0 aromatic heterocycles. The Morgan fingerprint density at radius 2 is 1.00 bits per heavy atom. The predicted molar refractivity (Wildman–Crippen MR) is 18.2 cm³/mol. The van der Waals surface area contributed by atoms with Crippen LogP contribution in [0.2, 0.25) is 0 Å². The van der Waals surface area contributed by atoms with E-state index in [9.17, 15) is 0 Å². The molecule has 0 aliphatic carbocycles. The lowest BCUT2D eigenvalue weighted by Crippen LogP contribution is -2.02. The number of hydrogen-bond acceptors (Lipinski definition) is 12. The first-order chi connectivity index (χ1) is 6.41. The summed E-state index contributed by atoms with van der Waals surface area (Å²) >= 11 is 0. The molecule has 0 heterocycles. The Morgan fingerprint density at radius 3 is 1.38 bits per heavy atom. The van der Waals surface area contributed by atoms with Gasteiger partial charge in [-0.2, -0.15) is 0 Å². The van der Waals surface area contributed by atoms with Crippen LogP contribution in [0.3, 0.4) is 0 Å². The standard InChI is InChI=1S/H2O13/c1-3-5-7-9-11-13-12-10-8-6-4-2/h1-2H/p+1. The first-order valence-corrected chi connectivity index (χ1v) is 2.05. The van der Waals surface area contributed by atoms with Crippen molar-refractivity contribution in [2.45, 2.75) is 0 Å². The molecule has 0 rings (SSSR count). The van der Waals surface area contributed by atoms with Gasteiger partial charge < -0.3 is 0 Å². The van der Waals surface area contributed by atoms with E-state index in [1.165, 1.54) is 0 Å². The molecule has 0 spiro atoms. The van der Waals surface area contributed by atoms with E-state index in [4.69, 9.17) is 10.5 Å². The van der Waals surface area contributed by atoms with Gasteiger partial charge in [0.15, 0.2) is 0 Å². The normalized spacial score (nSPS) is 10.6. The molecule has 13 heteroatoms. The van der Waals surface area contributed by atoms with Gasteiger partial charge in [0, 0.05) is 25.2 Å². The summed E-state index contributed by atoms with van der Waals surface area (Å²) in [7, 11) is 0. The molecule has 0 aliphatic rings. The zero-order chi connectivity index (χ0) is 9.78. The van der Waals surface area contributed by atoms with E-state index in [1.54, 1.807) is 0 Å². The Kier molecular flexibility index (Phi) is 11.0. The quantitative estimate of drug-likeness (QED) is 0.192. The van der Waals surface area contributed by atoms with Crippen LogP contribution in [-0.4, -0.2) is 10.5 Å². The zero-order valence-corrected chi connectivity index (χ0v) is 5.44. The van der Waals surface area contributed by atoms with Gasteiger partial charge in [0.05, 0.1) is 0 Å². The summed E-state index contributed by atoms with van der Waals surface area (Å²) in [6.45, 7) is 0. The van der Waals surface area contributed by atoms with E-state index in [-0.39, 0.29) is 0 Å². The average Bonchev–Trinajstić information content (AvgIpc) is 2.16. The minimum atomic E-state index is 2.86. The van der Waals surface area contributed by atoms with Crippen molar-refractivity contribution in [1.82, 2.24) is 0 Å². The summed E-state index contributed by atoms with van der Waals surface area (Å²) in [6, 6.07) is 0. The van der Waals surface area contributed by atoms with Gasteiger partial charge in [-0.15, -0.1) is 0 Å². The second-order valence-electron chi connectivity index (χ2n) is 0.770. The minimum absolute atomic E-state index is 2.86. The van der Waals surface area contributed by atoms with Crippen LogP contribution in [0, 0.1) is 0 Å². The van der Waals surface area contributed by atoms with Crippen molar-refractivity contribution in [2.24, 2.45) is 0 Å². The SMILES string of the molecule is OOOOOOOOOOOO[OH2+]. The van der Waals surface area contributed by atoms with Crippen LogP contribution in [0.1, 0.15) is 0 Å². The molecule has 80 valence electrons. The molecule has 0 radical (unpaired) electrons. The highest BCUT2D eigenvalue weighted by molar-refractivity contribution is 3.04. The summed E-state index contributed by atoms with van der Waals surface area (Å²) in [5.41, 5.74) is 0. The van der Waals surface area contributed by atoms with E-state index in [0.29, 0.717) is 0 Å². The van der Waals surface area contributed by atoms with Gasteiger partial charge in [-0.05, 0) is 25.2 Å². The fourth-order valence-corrected chi connectivity index (χ4v) is 0.106. The molecular weight excluding hydrogens is 208 g/mol. The highest BCUT2D eigenvalue weighted by Gasteiger charge is 1.96. The smallest absolute Gasteiger partial charge is 0.103 e. The van der Waals surface area contributed by atoms with Gasteiger partial charge in [-0.1, -0.05) is 0 Å². The summed E-state index contributed by atoms with van der Waals surface area (Å²) < 4.78 is 0. The molecule has 13 heavy (non-hydrogen) atoms. The first kappa shape index (κ1) is 12.5. The fourth-order valence-electron chi connectivity index (χ4n) is 0.106. The van der Waals surface area contributed by atoms with E-state index < -0.39 is 0 Å². The van der Waals surface area contributed by atoms with Crippen LogP contribution >= 0.6 is 0 Å². The number of hydrogen-bond donors (Lipinski definition) is 1. The van der Waals surface area contributed by atoms with Gasteiger partial charge in [-0.25, -0.2) is 10.5 Å². The van der Waals surface area contributed by atoms with Gasteiger partial charge in [0.2, 0.25) is 0 Å². The molecule has 0 aliphatic heterocycles. The van der Waals surface area contributed by atoms with Crippen LogP contribution in [0.25, 0.3) is 0 Å². The van der Waals surface area contributed by atoms with Crippen molar-refractivity contribution in [3.05, 3.63) is 0 Å². The van der Waals surface area contributed by atoms with E-state index >= 15 is 0 Å². The molecule has 0 saturated carbocycles. The topological polar surface area (TPSA) is 145 Å². The lowest BCUT2D eigenvalue weighted by atomic mass is 14.1. The van der Waals surface area contributed by atoms with Crippen molar-refractivity contribution in [1.29, 1.82) is 0 Å². The maximum absolute atomic E-state index is 7.42. The minimum Gasteiger partial charge on any atom is -0.228 e. The van der Waals surface area contributed by atoms with E-state index in [2.05, 4.69) is 55.4 Å².